The molecule has 0 fully saturated rings. The van der Waals surface area contributed by atoms with Crippen LogP contribution in [0, 0.1) is 6.92 Å². The van der Waals surface area contributed by atoms with Gasteiger partial charge >= 0.3 is 0 Å². The van der Waals surface area contributed by atoms with Crippen molar-refractivity contribution < 1.29 is 0 Å². The highest BCUT2D eigenvalue weighted by Gasteiger charge is 2.37. The molecule has 1 aliphatic heterocycles. The van der Waals surface area contributed by atoms with E-state index in [0.717, 1.165) is 0 Å². The first-order valence-electron chi connectivity index (χ1n) is 9.40. The predicted octanol–water partition coefficient (Wildman–Crippen LogP) is 6.38. The van der Waals surface area contributed by atoms with Gasteiger partial charge in [-0.1, -0.05) is 89.7 Å². The number of rotatable bonds is 1. The van der Waals surface area contributed by atoms with Crippen LogP contribution in [-0.4, -0.2) is 8.07 Å². The van der Waals surface area contributed by atoms with Gasteiger partial charge in [0, 0.05) is 4.47 Å². The van der Waals surface area contributed by atoms with Crippen molar-refractivity contribution in [1.82, 2.24) is 0 Å². The highest BCUT2D eigenvalue weighted by atomic mass is 79.9. The molecule has 0 amide bonds. The first-order chi connectivity index (χ1) is 13.0. The number of benzene rings is 4. The molecule has 0 unspecified atom stereocenters. The van der Waals surface area contributed by atoms with Gasteiger partial charge < -0.3 is 0 Å². The third kappa shape index (κ3) is 2.47. The third-order valence-electron chi connectivity index (χ3n) is 6.06. The summed E-state index contributed by atoms with van der Waals surface area (Å²) in [5, 5.41) is 5.78. The molecule has 0 saturated carbocycles. The Hall–Kier alpha value is -2.16. The summed E-state index contributed by atoms with van der Waals surface area (Å²) >= 11 is 3.67. The first kappa shape index (κ1) is 17.0. The summed E-state index contributed by atoms with van der Waals surface area (Å²) in [7, 11) is -1.69. The molecule has 0 saturated heterocycles. The van der Waals surface area contributed by atoms with Crippen LogP contribution in [0.4, 0.5) is 0 Å². The van der Waals surface area contributed by atoms with Crippen LogP contribution in [0.15, 0.2) is 77.3 Å². The van der Waals surface area contributed by atoms with Crippen LogP contribution in [0.2, 0.25) is 13.1 Å². The Kier molecular flexibility index (Phi) is 3.72. The van der Waals surface area contributed by atoms with Gasteiger partial charge in [-0.3, -0.25) is 0 Å². The van der Waals surface area contributed by atoms with Crippen LogP contribution >= 0.6 is 15.9 Å². The SMILES string of the molecule is Cc1cccc2cccc(-c3ccc4c(c3)[Si](C)(C)c3cc(Br)ccc3-4)c12. The van der Waals surface area contributed by atoms with Gasteiger partial charge in [0.1, 0.15) is 8.07 Å². The van der Waals surface area contributed by atoms with Gasteiger partial charge in [-0.25, -0.2) is 0 Å². The van der Waals surface area contributed by atoms with E-state index in [4.69, 9.17) is 0 Å². The molecule has 0 aromatic heterocycles. The van der Waals surface area contributed by atoms with Gasteiger partial charge in [0.15, 0.2) is 0 Å². The number of fused-ring (bicyclic) bond motifs is 4. The fourth-order valence-electron chi connectivity index (χ4n) is 4.65. The number of hydrogen-bond donors (Lipinski definition) is 0. The van der Waals surface area contributed by atoms with Gasteiger partial charge in [-0.05, 0) is 68.0 Å². The van der Waals surface area contributed by atoms with Crippen molar-refractivity contribution in [1.29, 1.82) is 0 Å². The largest absolute Gasteiger partial charge is 0.113 e. The zero-order valence-corrected chi connectivity index (χ0v) is 18.4. The van der Waals surface area contributed by atoms with Crippen molar-refractivity contribution in [3.8, 4) is 22.3 Å². The molecule has 0 atom stereocenters. The van der Waals surface area contributed by atoms with Gasteiger partial charge in [-0.2, -0.15) is 0 Å². The first-order valence-corrected chi connectivity index (χ1v) is 13.2. The molecule has 0 aliphatic carbocycles. The summed E-state index contributed by atoms with van der Waals surface area (Å²) in [6.07, 6.45) is 0. The maximum atomic E-state index is 3.67. The Morgan fingerprint density at radius 1 is 0.704 bits per heavy atom. The molecule has 2 heteroatoms. The van der Waals surface area contributed by atoms with E-state index in [1.165, 1.54) is 48.2 Å². The van der Waals surface area contributed by atoms with Gasteiger partial charge in [0.25, 0.3) is 0 Å². The average molecular weight is 429 g/mol. The van der Waals surface area contributed by atoms with E-state index >= 15 is 0 Å². The zero-order chi connectivity index (χ0) is 18.8. The van der Waals surface area contributed by atoms with E-state index in [-0.39, 0.29) is 0 Å². The standard InChI is InChI=1S/C25H21BrSi/c1-16-6-4-7-17-8-5-9-20(25(16)17)18-10-12-21-22-13-11-19(26)15-24(22)27(2,3)23(21)14-18/h4-15H,1-3H3. The number of aryl methyl sites for hydroxylation is 1. The van der Waals surface area contributed by atoms with Crippen LogP contribution in [0.1, 0.15) is 5.56 Å². The van der Waals surface area contributed by atoms with Crippen molar-refractivity contribution in [2.45, 2.75) is 20.0 Å². The minimum Gasteiger partial charge on any atom is -0.0616 e. The van der Waals surface area contributed by atoms with E-state index in [9.17, 15) is 0 Å². The van der Waals surface area contributed by atoms with E-state index in [1.54, 1.807) is 5.19 Å². The molecule has 132 valence electrons. The number of halogens is 1. The monoisotopic (exact) mass is 428 g/mol. The Labute approximate surface area is 170 Å². The highest BCUT2D eigenvalue weighted by Crippen LogP contribution is 2.35. The minimum absolute atomic E-state index is 1.18. The second-order valence-corrected chi connectivity index (χ2v) is 13.3. The zero-order valence-electron chi connectivity index (χ0n) is 15.8. The summed E-state index contributed by atoms with van der Waals surface area (Å²) in [5.41, 5.74) is 6.86. The second-order valence-electron chi connectivity index (χ2n) is 8.05. The fraction of sp³-hybridized carbons (Fsp3) is 0.120. The Bertz CT molecular complexity index is 1220. The minimum atomic E-state index is -1.69. The lowest BCUT2D eigenvalue weighted by Crippen LogP contribution is -2.49. The van der Waals surface area contributed by atoms with Crippen molar-refractivity contribution >= 4 is 45.1 Å². The molecule has 0 N–H and O–H groups in total. The van der Waals surface area contributed by atoms with Crippen molar-refractivity contribution in [2.75, 3.05) is 0 Å². The molecule has 0 bridgehead atoms. The van der Waals surface area contributed by atoms with E-state index in [2.05, 4.69) is 109 Å². The maximum Gasteiger partial charge on any atom is 0.113 e. The van der Waals surface area contributed by atoms with E-state index in [0.29, 0.717) is 0 Å². The molecule has 0 radical (unpaired) electrons. The molecule has 4 aromatic carbocycles. The maximum absolute atomic E-state index is 3.67. The lowest BCUT2D eigenvalue weighted by atomic mass is 9.94. The van der Waals surface area contributed by atoms with Crippen LogP contribution in [0.25, 0.3) is 33.0 Å². The quantitative estimate of drug-likeness (QED) is 0.308. The predicted molar refractivity (Wildman–Crippen MR) is 124 cm³/mol. The highest BCUT2D eigenvalue weighted by molar-refractivity contribution is 9.10. The summed E-state index contributed by atoms with van der Waals surface area (Å²) in [5.74, 6) is 0. The molecule has 0 nitrogen and oxygen atoms in total. The average Bonchev–Trinajstić information content (AvgIpc) is 2.88. The molecule has 0 spiro atoms. The second kappa shape index (κ2) is 5.92. The molecule has 1 aliphatic rings. The van der Waals surface area contributed by atoms with Crippen LogP contribution in [0.3, 0.4) is 0 Å². The Morgan fingerprint density at radius 2 is 1.37 bits per heavy atom. The summed E-state index contributed by atoms with van der Waals surface area (Å²) in [6, 6.07) is 27.1. The third-order valence-corrected chi connectivity index (χ3v) is 10.1. The topological polar surface area (TPSA) is 0 Å². The molecular weight excluding hydrogens is 408 g/mol. The van der Waals surface area contributed by atoms with Crippen molar-refractivity contribution in [3.05, 3.63) is 82.8 Å². The lowest BCUT2D eigenvalue weighted by Gasteiger charge is -2.20. The molecular formula is C25H21BrSi. The summed E-state index contributed by atoms with van der Waals surface area (Å²) < 4.78 is 1.18. The molecule has 5 rings (SSSR count). The smallest absolute Gasteiger partial charge is 0.0616 e. The van der Waals surface area contributed by atoms with E-state index < -0.39 is 8.07 Å². The van der Waals surface area contributed by atoms with Crippen molar-refractivity contribution in [3.63, 3.8) is 0 Å². The van der Waals surface area contributed by atoms with Gasteiger partial charge in [0.05, 0.1) is 0 Å². The van der Waals surface area contributed by atoms with Crippen LogP contribution in [-0.2, 0) is 0 Å². The molecule has 1 heterocycles. The fourth-order valence-corrected chi connectivity index (χ4v) is 8.32. The van der Waals surface area contributed by atoms with Gasteiger partial charge in [-0.15, -0.1) is 0 Å². The van der Waals surface area contributed by atoms with Gasteiger partial charge in [0.2, 0.25) is 0 Å². The Morgan fingerprint density at radius 3 is 2.15 bits per heavy atom. The normalized spacial score (nSPS) is 14.2. The van der Waals surface area contributed by atoms with E-state index in [1.807, 2.05) is 0 Å². The lowest BCUT2D eigenvalue weighted by molar-refractivity contribution is 1.52. The Balaban J connectivity index is 1.76. The molecule has 4 aromatic rings. The van der Waals surface area contributed by atoms with Crippen LogP contribution < -0.4 is 10.4 Å². The molecule has 27 heavy (non-hydrogen) atoms. The number of hydrogen-bond acceptors (Lipinski definition) is 0. The van der Waals surface area contributed by atoms with Crippen molar-refractivity contribution in [2.24, 2.45) is 0 Å². The summed E-state index contributed by atoms with van der Waals surface area (Å²) in [6.45, 7) is 7.16. The summed E-state index contributed by atoms with van der Waals surface area (Å²) in [4.78, 5) is 0. The van der Waals surface area contributed by atoms with Crippen LogP contribution in [0.5, 0.6) is 0 Å².